The van der Waals surface area contributed by atoms with Crippen LogP contribution in [0.3, 0.4) is 0 Å². The second-order valence-corrected chi connectivity index (χ2v) is 12.8. The fraction of sp³-hybridized carbons (Fsp3) is 0.933. The Hall–Kier alpha value is -0.233. The molecule has 3 atom stereocenters. The van der Waals surface area contributed by atoms with Crippen LogP contribution in [-0.4, -0.2) is 38.7 Å². The van der Waals surface area contributed by atoms with E-state index in [-0.39, 0.29) is 22.8 Å². The zero-order valence-corrected chi connectivity index (χ0v) is 14.8. The lowest BCUT2D eigenvalue weighted by atomic mass is 10.1. The Morgan fingerprint density at radius 3 is 2.45 bits per heavy atom. The summed E-state index contributed by atoms with van der Waals surface area (Å²) in [6.07, 6.45) is -0.0136. The summed E-state index contributed by atoms with van der Waals surface area (Å²) in [6, 6.07) is 0. The largest absolute Gasteiger partial charge is 0.416 e. The topological polar surface area (TPSA) is 44.8 Å². The Balaban J connectivity index is 2.00. The van der Waals surface area contributed by atoms with Gasteiger partial charge in [-0.05, 0) is 32.0 Å². The van der Waals surface area contributed by atoms with Crippen molar-refractivity contribution in [3.05, 3.63) is 0 Å². The van der Waals surface area contributed by atoms with Crippen LogP contribution in [0, 0.1) is 5.92 Å². The highest BCUT2D eigenvalue weighted by Gasteiger charge is 2.54. The maximum absolute atomic E-state index is 12.0. The van der Waals surface area contributed by atoms with Gasteiger partial charge in [0.15, 0.2) is 19.9 Å². The highest BCUT2D eigenvalue weighted by molar-refractivity contribution is 6.74. The molecule has 0 N–H and O–H groups in total. The van der Waals surface area contributed by atoms with Crippen LogP contribution in [0.15, 0.2) is 0 Å². The first kappa shape index (κ1) is 16.1. The van der Waals surface area contributed by atoms with E-state index in [0.717, 1.165) is 0 Å². The number of fused-ring (bicyclic) bond motifs is 1. The lowest BCUT2D eigenvalue weighted by Gasteiger charge is -2.37. The summed E-state index contributed by atoms with van der Waals surface area (Å²) in [5.74, 6) is -0.367. The lowest BCUT2D eigenvalue weighted by Crippen LogP contribution is -2.43. The van der Waals surface area contributed by atoms with Gasteiger partial charge >= 0.3 is 0 Å². The van der Waals surface area contributed by atoms with Crippen LogP contribution in [0.4, 0.5) is 0 Å². The molecule has 0 aromatic rings. The first-order valence-corrected chi connectivity index (χ1v) is 10.4. The lowest BCUT2D eigenvalue weighted by molar-refractivity contribution is -0.163. The molecule has 20 heavy (non-hydrogen) atoms. The van der Waals surface area contributed by atoms with Gasteiger partial charge in [0, 0.05) is 18.9 Å². The molecular formula is C15H28O4Si. The zero-order valence-electron chi connectivity index (χ0n) is 13.8. The summed E-state index contributed by atoms with van der Waals surface area (Å²) in [6.45, 7) is 15.5. The van der Waals surface area contributed by atoms with Crippen molar-refractivity contribution >= 4 is 14.1 Å². The van der Waals surface area contributed by atoms with E-state index < -0.39 is 20.2 Å². The van der Waals surface area contributed by atoms with Crippen molar-refractivity contribution < 1.29 is 18.7 Å². The second kappa shape index (κ2) is 4.90. The van der Waals surface area contributed by atoms with Crippen LogP contribution in [0.5, 0.6) is 0 Å². The number of Topliss-reactive ketones (excluding diaryl/α,β-unsaturated/α-hetero) is 1. The highest BCUT2D eigenvalue weighted by atomic mass is 28.4. The molecule has 1 heterocycles. The molecule has 4 nitrogen and oxygen atoms in total. The van der Waals surface area contributed by atoms with Gasteiger partial charge in [-0.2, -0.15) is 0 Å². The van der Waals surface area contributed by atoms with Gasteiger partial charge in [-0.15, -0.1) is 0 Å². The molecule has 1 saturated heterocycles. The van der Waals surface area contributed by atoms with E-state index >= 15 is 0 Å². The molecule has 116 valence electrons. The molecule has 2 fully saturated rings. The van der Waals surface area contributed by atoms with Crippen LogP contribution in [0.1, 0.15) is 41.0 Å². The first-order chi connectivity index (χ1) is 8.93. The molecular weight excluding hydrogens is 272 g/mol. The fourth-order valence-electron chi connectivity index (χ4n) is 2.56. The summed E-state index contributed by atoms with van der Waals surface area (Å²) in [7, 11) is -1.78. The van der Waals surface area contributed by atoms with Gasteiger partial charge in [-0.25, -0.2) is 0 Å². The van der Waals surface area contributed by atoms with Crippen LogP contribution in [0.25, 0.3) is 0 Å². The predicted molar refractivity (Wildman–Crippen MR) is 80.1 cm³/mol. The standard InChI is InChI=1S/C15H28O4Si/c1-14(2,3)20(6,7)17-9-10-8-11(16)13-12(10)18-15(4,5)19-13/h10,12-13H,8-9H2,1-7H3/t10-,12-,13-/m1/s1. The molecule has 0 radical (unpaired) electrons. The number of carbonyl (C=O) groups excluding carboxylic acids is 1. The van der Waals surface area contributed by atoms with E-state index in [1.54, 1.807) is 0 Å². The van der Waals surface area contributed by atoms with Crippen molar-refractivity contribution in [2.24, 2.45) is 5.92 Å². The van der Waals surface area contributed by atoms with Crippen LogP contribution in [-0.2, 0) is 18.7 Å². The highest BCUT2D eigenvalue weighted by Crippen LogP contribution is 2.42. The maximum atomic E-state index is 12.0. The smallest absolute Gasteiger partial charge is 0.191 e. The molecule has 0 aromatic heterocycles. The van der Waals surface area contributed by atoms with E-state index in [4.69, 9.17) is 13.9 Å². The van der Waals surface area contributed by atoms with Crippen molar-refractivity contribution in [2.75, 3.05) is 6.61 Å². The summed E-state index contributed by atoms with van der Waals surface area (Å²) in [5, 5.41) is 0.182. The van der Waals surface area contributed by atoms with Crippen molar-refractivity contribution in [2.45, 2.75) is 77.2 Å². The number of ether oxygens (including phenoxy) is 2. The third-order valence-corrected chi connectivity index (χ3v) is 9.34. The molecule has 1 aliphatic heterocycles. The monoisotopic (exact) mass is 300 g/mol. The number of hydrogen-bond donors (Lipinski definition) is 0. The minimum atomic E-state index is -1.78. The SMILES string of the molecule is CC1(C)O[C@@H]2[C@@H](CO[Si](C)(C)C(C)(C)C)CC(=O)[C@H]2O1. The zero-order chi connectivity index (χ0) is 15.3. The van der Waals surface area contributed by atoms with E-state index in [2.05, 4.69) is 33.9 Å². The average molecular weight is 300 g/mol. The van der Waals surface area contributed by atoms with Crippen LogP contribution in [0.2, 0.25) is 18.1 Å². The van der Waals surface area contributed by atoms with E-state index in [1.807, 2.05) is 13.8 Å². The quantitative estimate of drug-likeness (QED) is 0.751. The summed E-state index contributed by atoms with van der Waals surface area (Å²) >= 11 is 0. The summed E-state index contributed by atoms with van der Waals surface area (Å²) in [4.78, 5) is 12.0. The van der Waals surface area contributed by atoms with Crippen molar-refractivity contribution in [1.82, 2.24) is 0 Å². The Bertz CT molecular complexity index is 397. The van der Waals surface area contributed by atoms with E-state index in [0.29, 0.717) is 13.0 Å². The van der Waals surface area contributed by atoms with Gasteiger partial charge in [0.05, 0.1) is 6.10 Å². The Labute approximate surface area is 123 Å². The number of carbonyl (C=O) groups is 1. The molecule has 2 aliphatic rings. The van der Waals surface area contributed by atoms with Gasteiger partial charge < -0.3 is 13.9 Å². The Kier molecular flexibility index (Phi) is 3.96. The predicted octanol–water partition coefficient (Wildman–Crippen LogP) is 3.12. The maximum Gasteiger partial charge on any atom is 0.191 e. The Morgan fingerprint density at radius 2 is 1.90 bits per heavy atom. The van der Waals surface area contributed by atoms with Gasteiger partial charge in [0.2, 0.25) is 0 Å². The third kappa shape index (κ3) is 3.01. The van der Waals surface area contributed by atoms with Gasteiger partial charge in [0.25, 0.3) is 0 Å². The minimum Gasteiger partial charge on any atom is -0.416 e. The average Bonchev–Trinajstić information content (AvgIpc) is 2.70. The molecule has 0 spiro atoms. The normalized spacial score (nSPS) is 33.5. The van der Waals surface area contributed by atoms with Crippen molar-refractivity contribution in [1.29, 1.82) is 0 Å². The van der Waals surface area contributed by atoms with Gasteiger partial charge in [-0.3, -0.25) is 4.79 Å². The summed E-state index contributed by atoms with van der Waals surface area (Å²) in [5.41, 5.74) is 0. The number of hydrogen-bond acceptors (Lipinski definition) is 4. The van der Waals surface area contributed by atoms with E-state index in [9.17, 15) is 4.79 Å². The minimum absolute atomic E-state index is 0.128. The molecule has 0 aromatic carbocycles. The van der Waals surface area contributed by atoms with Gasteiger partial charge in [0.1, 0.15) is 6.10 Å². The molecule has 1 saturated carbocycles. The number of rotatable bonds is 3. The molecule has 0 unspecified atom stereocenters. The molecule has 1 aliphatic carbocycles. The molecule has 5 heteroatoms. The molecule has 0 amide bonds. The summed E-state index contributed by atoms with van der Waals surface area (Å²) < 4.78 is 17.9. The second-order valence-electron chi connectivity index (χ2n) is 8.02. The Morgan fingerprint density at radius 1 is 1.30 bits per heavy atom. The third-order valence-electron chi connectivity index (χ3n) is 4.84. The number of ketones is 1. The molecule has 0 bridgehead atoms. The fourth-order valence-corrected chi connectivity index (χ4v) is 3.62. The van der Waals surface area contributed by atoms with Gasteiger partial charge in [-0.1, -0.05) is 20.8 Å². The van der Waals surface area contributed by atoms with E-state index in [1.165, 1.54) is 0 Å². The van der Waals surface area contributed by atoms with Crippen LogP contribution < -0.4 is 0 Å². The first-order valence-electron chi connectivity index (χ1n) is 7.45. The van der Waals surface area contributed by atoms with Crippen molar-refractivity contribution in [3.8, 4) is 0 Å². The molecule has 2 rings (SSSR count). The van der Waals surface area contributed by atoms with Crippen molar-refractivity contribution in [3.63, 3.8) is 0 Å². The van der Waals surface area contributed by atoms with Crippen LogP contribution >= 0.6 is 0 Å².